The van der Waals surface area contributed by atoms with E-state index in [1.54, 1.807) is 0 Å². The molecule has 2 N–H and O–H groups in total. The number of hydrogen-bond donors (Lipinski definition) is 1. The third-order valence-electron chi connectivity index (χ3n) is 2.41. The number of hydrogen-bond acceptors (Lipinski definition) is 5. The Bertz CT molecular complexity index is 461. The summed E-state index contributed by atoms with van der Waals surface area (Å²) in [6, 6.07) is 1.14. The maximum Gasteiger partial charge on any atom is 0.184 e. The van der Waals surface area contributed by atoms with Crippen molar-refractivity contribution >= 4 is 5.78 Å². The first-order valence-corrected chi connectivity index (χ1v) is 5.08. The molecule has 0 fully saturated rings. The summed E-state index contributed by atoms with van der Waals surface area (Å²) in [5.74, 6) is -0.891. The fourth-order valence-electron chi connectivity index (χ4n) is 1.69. The molecule has 2 rings (SSSR count). The third kappa shape index (κ3) is 1.91. The minimum absolute atomic E-state index is 0.00435. The summed E-state index contributed by atoms with van der Waals surface area (Å²) in [6.45, 7) is 0.358. The quantitative estimate of drug-likeness (QED) is 0.790. The van der Waals surface area contributed by atoms with E-state index in [1.807, 2.05) is 0 Å². The molecule has 1 aromatic carbocycles. The van der Waals surface area contributed by atoms with Crippen LogP contribution in [0.2, 0.25) is 0 Å². The normalized spacial score (nSPS) is 13.4. The molecule has 5 nitrogen and oxygen atoms in total. The van der Waals surface area contributed by atoms with Crippen LogP contribution >= 0.6 is 0 Å². The molecule has 0 amide bonds. The van der Waals surface area contributed by atoms with Gasteiger partial charge in [0.25, 0.3) is 0 Å². The van der Waals surface area contributed by atoms with Gasteiger partial charge in [0.1, 0.15) is 18.8 Å². The Kier molecular flexibility index (Phi) is 3.14. The molecule has 0 aromatic heterocycles. The minimum atomic E-state index is -0.673. The van der Waals surface area contributed by atoms with Crippen LogP contribution < -0.4 is 19.9 Å². The second-order valence-corrected chi connectivity index (χ2v) is 3.42. The molecule has 0 radical (unpaired) electrons. The van der Waals surface area contributed by atoms with E-state index in [4.69, 9.17) is 19.9 Å². The van der Waals surface area contributed by atoms with Gasteiger partial charge in [-0.25, -0.2) is 4.39 Å². The van der Waals surface area contributed by atoms with Crippen LogP contribution in [0.4, 0.5) is 4.39 Å². The maximum absolute atomic E-state index is 13.7. The van der Waals surface area contributed by atoms with E-state index in [-0.39, 0.29) is 29.4 Å². The zero-order valence-corrected chi connectivity index (χ0v) is 9.29. The smallest absolute Gasteiger partial charge is 0.184 e. The van der Waals surface area contributed by atoms with E-state index in [2.05, 4.69) is 0 Å². The van der Waals surface area contributed by atoms with Crippen LogP contribution in [0.1, 0.15) is 10.4 Å². The molecule has 1 aliphatic heterocycles. The van der Waals surface area contributed by atoms with Crippen LogP contribution in [0.5, 0.6) is 17.2 Å². The van der Waals surface area contributed by atoms with E-state index in [1.165, 1.54) is 7.11 Å². The van der Waals surface area contributed by atoms with Crippen molar-refractivity contribution in [2.45, 2.75) is 0 Å². The highest BCUT2D eigenvalue weighted by Gasteiger charge is 2.27. The van der Waals surface area contributed by atoms with Gasteiger partial charge in [-0.15, -0.1) is 0 Å². The highest BCUT2D eigenvalue weighted by Crippen LogP contribution is 2.41. The number of methoxy groups -OCH3 is 1. The Morgan fingerprint density at radius 2 is 2.24 bits per heavy atom. The lowest BCUT2D eigenvalue weighted by Crippen LogP contribution is -2.22. The molecule has 0 saturated heterocycles. The zero-order chi connectivity index (χ0) is 12.4. The van der Waals surface area contributed by atoms with Gasteiger partial charge in [0.15, 0.2) is 28.8 Å². The second-order valence-electron chi connectivity index (χ2n) is 3.42. The van der Waals surface area contributed by atoms with Crippen molar-refractivity contribution in [2.24, 2.45) is 5.73 Å². The van der Waals surface area contributed by atoms with Gasteiger partial charge in [-0.05, 0) is 0 Å². The molecule has 1 heterocycles. The molecule has 0 spiro atoms. The van der Waals surface area contributed by atoms with Gasteiger partial charge >= 0.3 is 0 Å². The summed E-state index contributed by atoms with van der Waals surface area (Å²) in [5, 5.41) is 0. The number of fused-ring (bicyclic) bond motifs is 1. The number of halogens is 1. The Morgan fingerprint density at radius 1 is 1.53 bits per heavy atom. The van der Waals surface area contributed by atoms with Gasteiger partial charge in [0, 0.05) is 6.07 Å². The number of Topliss-reactive ketones (excluding diaryl/α,β-unsaturated/α-hetero) is 1. The Labute approximate surface area is 97.3 Å². The molecule has 0 atom stereocenters. The van der Waals surface area contributed by atoms with Gasteiger partial charge in [-0.3, -0.25) is 4.79 Å². The predicted octanol–water partition coefficient (Wildman–Crippen LogP) is 0.747. The van der Waals surface area contributed by atoms with Gasteiger partial charge < -0.3 is 19.9 Å². The van der Waals surface area contributed by atoms with Crippen molar-refractivity contribution in [3.8, 4) is 17.2 Å². The first kappa shape index (κ1) is 11.7. The monoisotopic (exact) mass is 241 g/mol. The summed E-state index contributed by atoms with van der Waals surface area (Å²) in [4.78, 5) is 11.7. The van der Waals surface area contributed by atoms with Crippen LogP contribution in [-0.2, 0) is 0 Å². The Hall–Kier alpha value is -1.82. The Balaban J connectivity index is 2.65. The fourth-order valence-corrected chi connectivity index (χ4v) is 1.69. The Morgan fingerprint density at radius 3 is 2.88 bits per heavy atom. The van der Waals surface area contributed by atoms with E-state index in [9.17, 15) is 9.18 Å². The minimum Gasteiger partial charge on any atom is -0.493 e. The summed E-state index contributed by atoms with van der Waals surface area (Å²) in [5.41, 5.74) is 5.29. The molecule has 1 aliphatic rings. The molecular weight excluding hydrogens is 229 g/mol. The van der Waals surface area contributed by atoms with Crippen LogP contribution in [-0.4, -0.2) is 32.7 Å². The van der Waals surface area contributed by atoms with E-state index in [0.29, 0.717) is 13.2 Å². The van der Waals surface area contributed by atoms with Crippen molar-refractivity contribution < 1.29 is 23.4 Å². The molecule has 0 aliphatic carbocycles. The molecular formula is C11H12FNO4. The standard InChI is InChI=1S/C11H12FNO4/c1-15-10-6(12)4-8-11(17-3-2-16-8)9(10)7(14)5-13/h4H,2-3,5,13H2,1H3. The van der Waals surface area contributed by atoms with E-state index < -0.39 is 11.6 Å². The van der Waals surface area contributed by atoms with Crippen LogP contribution in [0.15, 0.2) is 6.07 Å². The topological polar surface area (TPSA) is 70.8 Å². The number of benzene rings is 1. The largest absolute Gasteiger partial charge is 0.493 e. The van der Waals surface area contributed by atoms with Crippen molar-refractivity contribution in [3.05, 3.63) is 17.4 Å². The number of ether oxygens (including phenoxy) is 3. The molecule has 0 bridgehead atoms. The van der Waals surface area contributed by atoms with Crippen molar-refractivity contribution in [3.63, 3.8) is 0 Å². The van der Waals surface area contributed by atoms with Crippen LogP contribution in [0.3, 0.4) is 0 Å². The van der Waals surface area contributed by atoms with Crippen LogP contribution in [0.25, 0.3) is 0 Å². The number of rotatable bonds is 3. The summed E-state index contributed by atoms with van der Waals surface area (Å²) < 4.78 is 29.1. The van der Waals surface area contributed by atoms with Gasteiger partial charge in [0.2, 0.25) is 0 Å². The fraction of sp³-hybridized carbons (Fsp3) is 0.364. The lowest BCUT2D eigenvalue weighted by atomic mass is 10.1. The summed E-state index contributed by atoms with van der Waals surface area (Å²) in [7, 11) is 1.28. The molecule has 92 valence electrons. The van der Waals surface area contributed by atoms with Crippen molar-refractivity contribution in [2.75, 3.05) is 26.9 Å². The highest BCUT2D eigenvalue weighted by atomic mass is 19.1. The molecule has 6 heteroatoms. The SMILES string of the molecule is COc1c(F)cc2c(c1C(=O)CN)OCCO2. The average molecular weight is 241 g/mol. The number of ketones is 1. The number of carbonyl (C=O) groups excluding carboxylic acids is 1. The van der Waals surface area contributed by atoms with Crippen molar-refractivity contribution in [1.29, 1.82) is 0 Å². The first-order valence-electron chi connectivity index (χ1n) is 5.08. The average Bonchev–Trinajstić information content (AvgIpc) is 2.36. The van der Waals surface area contributed by atoms with Gasteiger partial charge in [-0.1, -0.05) is 0 Å². The maximum atomic E-state index is 13.7. The molecule has 0 unspecified atom stereocenters. The number of nitrogens with two attached hydrogens (primary N) is 1. The molecule has 0 saturated carbocycles. The lowest BCUT2D eigenvalue weighted by Gasteiger charge is -2.22. The van der Waals surface area contributed by atoms with Crippen molar-refractivity contribution in [1.82, 2.24) is 0 Å². The van der Waals surface area contributed by atoms with E-state index >= 15 is 0 Å². The highest BCUT2D eigenvalue weighted by molar-refractivity contribution is 6.03. The summed E-state index contributed by atoms with van der Waals surface area (Å²) in [6.07, 6.45) is 0. The predicted molar refractivity (Wildman–Crippen MR) is 57.3 cm³/mol. The van der Waals surface area contributed by atoms with Gasteiger partial charge in [0.05, 0.1) is 13.7 Å². The lowest BCUT2D eigenvalue weighted by molar-refractivity contribution is 0.0984. The van der Waals surface area contributed by atoms with Crippen LogP contribution in [0, 0.1) is 5.82 Å². The third-order valence-corrected chi connectivity index (χ3v) is 2.41. The van der Waals surface area contributed by atoms with E-state index in [0.717, 1.165) is 6.07 Å². The zero-order valence-electron chi connectivity index (χ0n) is 9.29. The second kappa shape index (κ2) is 4.58. The molecule has 1 aromatic rings. The van der Waals surface area contributed by atoms with Gasteiger partial charge in [-0.2, -0.15) is 0 Å². The first-order chi connectivity index (χ1) is 8.19. The molecule has 17 heavy (non-hydrogen) atoms. The summed E-state index contributed by atoms with van der Waals surface area (Å²) >= 11 is 0. The number of carbonyl (C=O) groups is 1.